The van der Waals surface area contributed by atoms with Gasteiger partial charge in [0.05, 0.1) is 11.6 Å². The predicted octanol–water partition coefficient (Wildman–Crippen LogP) is 3.73. The van der Waals surface area contributed by atoms with Gasteiger partial charge in [0.25, 0.3) is 11.7 Å². The van der Waals surface area contributed by atoms with Crippen LogP contribution in [0.4, 0.5) is 0 Å². The van der Waals surface area contributed by atoms with Gasteiger partial charge in [-0.15, -0.1) is 0 Å². The molecule has 2 aliphatic rings. The summed E-state index contributed by atoms with van der Waals surface area (Å²) < 4.78 is 5.73. The molecule has 166 valence electrons. The van der Waals surface area contributed by atoms with Crippen molar-refractivity contribution in [2.45, 2.75) is 32.0 Å². The molecule has 0 spiro atoms. The molecule has 1 fully saturated rings. The first-order valence-electron chi connectivity index (χ1n) is 10.7. The van der Waals surface area contributed by atoms with Gasteiger partial charge >= 0.3 is 0 Å². The standard InChI is InChI=1S/C26H22N2O5/c1-15-11-19-12-18(5-6-21(19)33-15)24(30)22-23(17-3-2-4-20(29)13-17)28(26(32)25(22)31)14-16-7-9-27-10-8-16/h2-10,12-13,15,23,29-30H,11,14H2,1H3/b24-22+/t15-,23+/m0/s1. The van der Waals surface area contributed by atoms with Gasteiger partial charge < -0.3 is 19.8 Å². The molecule has 7 nitrogen and oxygen atoms in total. The summed E-state index contributed by atoms with van der Waals surface area (Å²) in [5, 5.41) is 21.3. The molecule has 1 saturated heterocycles. The van der Waals surface area contributed by atoms with Crippen LogP contribution in [0.3, 0.4) is 0 Å². The maximum absolute atomic E-state index is 13.2. The number of ether oxygens (including phenoxy) is 1. The number of aliphatic hydroxyl groups excluding tert-OH is 1. The molecule has 1 aromatic heterocycles. The number of phenols is 1. The number of benzene rings is 2. The highest BCUT2D eigenvalue weighted by molar-refractivity contribution is 6.46. The average molecular weight is 442 g/mol. The molecule has 2 aliphatic heterocycles. The summed E-state index contributed by atoms with van der Waals surface area (Å²) in [6.45, 7) is 2.12. The fourth-order valence-corrected chi connectivity index (χ4v) is 4.49. The third kappa shape index (κ3) is 3.71. The smallest absolute Gasteiger partial charge is 0.295 e. The monoisotopic (exact) mass is 442 g/mol. The number of nitrogens with zero attached hydrogens (tertiary/aromatic N) is 2. The van der Waals surface area contributed by atoms with Crippen LogP contribution in [0.25, 0.3) is 5.76 Å². The van der Waals surface area contributed by atoms with E-state index in [1.807, 2.05) is 6.92 Å². The van der Waals surface area contributed by atoms with Gasteiger partial charge in [-0.2, -0.15) is 0 Å². The van der Waals surface area contributed by atoms with Crippen molar-refractivity contribution in [3.63, 3.8) is 0 Å². The molecule has 0 unspecified atom stereocenters. The Morgan fingerprint density at radius 3 is 2.67 bits per heavy atom. The number of hydrogen-bond donors (Lipinski definition) is 2. The predicted molar refractivity (Wildman–Crippen MR) is 120 cm³/mol. The molecule has 0 bridgehead atoms. The van der Waals surface area contributed by atoms with Gasteiger partial charge in [0.15, 0.2) is 0 Å². The first-order chi connectivity index (χ1) is 15.9. The number of phenolic OH excluding ortho intramolecular Hbond substituents is 1. The minimum Gasteiger partial charge on any atom is -0.508 e. The minimum atomic E-state index is -0.853. The van der Waals surface area contributed by atoms with E-state index in [9.17, 15) is 19.8 Å². The number of rotatable bonds is 4. The van der Waals surface area contributed by atoms with Crippen molar-refractivity contribution in [2.75, 3.05) is 0 Å². The van der Waals surface area contributed by atoms with E-state index in [1.165, 1.54) is 17.0 Å². The number of carbonyl (C=O) groups excluding carboxylic acids is 2. The fraction of sp³-hybridized carbons (Fsp3) is 0.192. The number of hydrogen-bond acceptors (Lipinski definition) is 6. The van der Waals surface area contributed by atoms with Crippen LogP contribution in [0.5, 0.6) is 11.5 Å². The number of pyridine rings is 1. The molecule has 7 heteroatoms. The largest absolute Gasteiger partial charge is 0.508 e. The van der Waals surface area contributed by atoms with Gasteiger partial charge in [-0.05, 0) is 66.1 Å². The zero-order chi connectivity index (χ0) is 23.1. The molecular weight excluding hydrogens is 420 g/mol. The third-order valence-electron chi connectivity index (χ3n) is 6.00. The molecule has 1 amide bonds. The number of Topliss-reactive ketones (excluding diaryl/α,β-unsaturated/α-hetero) is 1. The Bertz CT molecular complexity index is 1280. The van der Waals surface area contributed by atoms with Crippen LogP contribution in [-0.2, 0) is 22.6 Å². The van der Waals surface area contributed by atoms with Crippen LogP contribution in [0.2, 0.25) is 0 Å². The molecule has 3 aromatic rings. The first kappa shape index (κ1) is 20.8. The van der Waals surface area contributed by atoms with Crippen LogP contribution in [0, 0.1) is 0 Å². The number of aromatic hydroxyl groups is 1. The number of fused-ring (bicyclic) bond motifs is 1. The van der Waals surface area contributed by atoms with Gasteiger partial charge in [-0.1, -0.05) is 12.1 Å². The van der Waals surface area contributed by atoms with Gasteiger partial charge in [0.1, 0.15) is 23.4 Å². The molecule has 3 heterocycles. The van der Waals surface area contributed by atoms with Crippen LogP contribution >= 0.6 is 0 Å². The lowest BCUT2D eigenvalue weighted by Gasteiger charge is -2.25. The molecule has 0 saturated carbocycles. The van der Waals surface area contributed by atoms with Crippen molar-refractivity contribution in [1.82, 2.24) is 9.88 Å². The zero-order valence-corrected chi connectivity index (χ0v) is 17.9. The molecule has 2 atom stereocenters. The second kappa shape index (κ2) is 8.09. The van der Waals surface area contributed by atoms with Crippen molar-refractivity contribution in [2.24, 2.45) is 0 Å². The van der Waals surface area contributed by atoms with E-state index >= 15 is 0 Å². The molecule has 33 heavy (non-hydrogen) atoms. The van der Waals surface area contributed by atoms with E-state index < -0.39 is 17.7 Å². The van der Waals surface area contributed by atoms with Crippen molar-refractivity contribution < 1.29 is 24.5 Å². The van der Waals surface area contributed by atoms with Crippen LogP contribution in [0.15, 0.2) is 72.6 Å². The van der Waals surface area contributed by atoms with Crippen molar-refractivity contribution in [3.8, 4) is 11.5 Å². The van der Waals surface area contributed by atoms with Gasteiger partial charge in [0, 0.05) is 30.9 Å². The summed E-state index contributed by atoms with van der Waals surface area (Å²) in [4.78, 5) is 31.7. The highest BCUT2D eigenvalue weighted by Gasteiger charge is 2.46. The lowest BCUT2D eigenvalue weighted by Crippen LogP contribution is -2.29. The number of ketones is 1. The van der Waals surface area contributed by atoms with Crippen molar-refractivity contribution in [1.29, 1.82) is 0 Å². The fourth-order valence-electron chi connectivity index (χ4n) is 4.49. The second-order valence-corrected chi connectivity index (χ2v) is 8.33. The summed E-state index contributed by atoms with van der Waals surface area (Å²) in [5.41, 5.74) is 2.69. The second-order valence-electron chi connectivity index (χ2n) is 8.33. The summed E-state index contributed by atoms with van der Waals surface area (Å²) in [7, 11) is 0. The quantitative estimate of drug-likeness (QED) is 0.363. The molecule has 0 radical (unpaired) electrons. The Morgan fingerprint density at radius 2 is 1.91 bits per heavy atom. The Labute approximate surface area is 190 Å². The summed E-state index contributed by atoms with van der Waals surface area (Å²) in [5.74, 6) is -0.964. The van der Waals surface area contributed by atoms with E-state index in [-0.39, 0.29) is 29.7 Å². The molecular formula is C26H22N2O5. The molecule has 2 aromatic carbocycles. The molecule has 0 aliphatic carbocycles. The zero-order valence-electron chi connectivity index (χ0n) is 17.9. The SMILES string of the molecule is C[C@H]1Cc2cc(/C(O)=C3\C(=O)C(=O)N(Cc4ccncc4)[C@@H]3c3cccc(O)c3)ccc2O1. The van der Waals surface area contributed by atoms with E-state index in [4.69, 9.17) is 4.74 Å². The van der Waals surface area contributed by atoms with Crippen LogP contribution in [0.1, 0.15) is 35.2 Å². The van der Waals surface area contributed by atoms with E-state index in [0.717, 1.165) is 16.9 Å². The van der Waals surface area contributed by atoms with E-state index in [0.29, 0.717) is 17.5 Å². The summed E-state index contributed by atoms with van der Waals surface area (Å²) >= 11 is 0. The molecule has 5 rings (SSSR count). The highest BCUT2D eigenvalue weighted by Crippen LogP contribution is 2.41. The van der Waals surface area contributed by atoms with Gasteiger partial charge in [-0.3, -0.25) is 14.6 Å². The Morgan fingerprint density at radius 1 is 1.12 bits per heavy atom. The van der Waals surface area contributed by atoms with Crippen LogP contribution in [-0.4, -0.2) is 37.9 Å². The highest BCUT2D eigenvalue weighted by atomic mass is 16.5. The van der Waals surface area contributed by atoms with E-state index in [1.54, 1.807) is 54.9 Å². The number of likely N-dealkylation sites (tertiary alicyclic amines) is 1. The van der Waals surface area contributed by atoms with Crippen molar-refractivity contribution >= 4 is 17.4 Å². The Hall–Kier alpha value is -4.13. The van der Waals surface area contributed by atoms with E-state index in [2.05, 4.69) is 4.98 Å². The third-order valence-corrected chi connectivity index (χ3v) is 6.00. The lowest BCUT2D eigenvalue weighted by atomic mass is 9.94. The van der Waals surface area contributed by atoms with Gasteiger partial charge in [0.2, 0.25) is 0 Å². The topological polar surface area (TPSA) is 100.0 Å². The number of carbonyl (C=O) groups is 2. The molecule has 2 N–H and O–H groups in total. The maximum Gasteiger partial charge on any atom is 0.295 e. The lowest BCUT2D eigenvalue weighted by molar-refractivity contribution is -0.140. The maximum atomic E-state index is 13.2. The number of aliphatic hydroxyl groups is 1. The van der Waals surface area contributed by atoms with Crippen molar-refractivity contribution in [3.05, 3.63) is 94.8 Å². The average Bonchev–Trinajstić information content (AvgIpc) is 3.30. The Kier molecular flexibility index (Phi) is 5.09. The Balaban J connectivity index is 1.64. The van der Waals surface area contributed by atoms with Gasteiger partial charge in [-0.25, -0.2) is 0 Å². The van der Waals surface area contributed by atoms with Crippen LogP contribution < -0.4 is 4.74 Å². The number of aromatic nitrogens is 1. The minimum absolute atomic E-state index is 0.00525. The number of amides is 1. The summed E-state index contributed by atoms with van der Waals surface area (Å²) in [6, 6.07) is 14.3. The summed E-state index contributed by atoms with van der Waals surface area (Å²) in [6.07, 6.45) is 3.96. The normalized spacial score (nSPS) is 21.2. The first-order valence-corrected chi connectivity index (χ1v) is 10.7.